The number of hydrogen-bond acceptors (Lipinski definition) is 2. The van der Waals surface area contributed by atoms with Gasteiger partial charge in [-0.3, -0.25) is 0 Å². The molecule has 1 aromatic rings. The van der Waals surface area contributed by atoms with Crippen LogP contribution in [0.5, 0.6) is 0 Å². The van der Waals surface area contributed by atoms with Gasteiger partial charge in [0.15, 0.2) is 0 Å². The quantitative estimate of drug-likeness (QED) is 0.803. The van der Waals surface area contributed by atoms with Crippen molar-refractivity contribution in [3.63, 3.8) is 0 Å². The molecule has 1 aromatic heterocycles. The van der Waals surface area contributed by atoms with Crippen LogP contribution in [0.4, 0.5) is 0 Å². The van der Waals surface area contributed by atoms with Crippen LogP contribution in [0.15, 0.2) is 17.7 Å². The van der Waals surface area contributed by atoms with Gasteiger partial charge in [0.1, 0.15) is 0 Å². The van der Waals surface area contributed by atoms with Crippen molar-refractivity contribution in [3.05, 3.63) is 27.5 Å². The molecule has 0 aromatic carbocycles. The molecule has 18 heavy (non-hydrogen) atoms. The van der Waals surface area contributed by atoms with E-state index in [0.717, 1.165) is 13.0 Å². The van der Waals surface area contributed by atoms with Crippen LogP contribution in [0, 0.1) is 0 Å². The molecular weight excluding hydrogens is 238 g/mol. The summed E-state index contributed by atoms with van der Waals surface area (Å²) in [6.45, 7) is 14.4. The average Bonchev–Trinajstić information content (AvgIpc) is 2.71. The predicted molar refractivity (Wildman–Crippen MR) is 84.4 cm³/mol. The van der Waals surface area contributed by atoms with E-state index in [1.165, 1.54) is 15.3 Å². The Hall–Kier alpha value is -0.600. The highest BCUT2D eigenvalue weighted by atomic mass is 32.1. The van der Waals surface area contributed by atoms with E-state index in [1.807, 2.05) is 11.3 Å². The fourth-order valence-corrected chi connectivity index (χ4v) is 2.71. The lowest BCUT2D eigenvalue weighted by Crippen LogP contribution is -2.24. The molecule has 0 spiro atoms. The van der Waals surface area contributed by atoms with E-state index in [9.17, 15) is 0 Å². The van der Waals surface area contributed by atoms with Crippen LogP contribution in [0.1, 0.15) is 57.7 Å². The van der Waals surface area contributed by atoms with Crippen LogP contribution in [-0.4, -0.2) is 12.6 Å². The van der Waals surface area contributed by atoms with Gasteiger partial charge in [-0.2, -0.15) is 0 Å². The Bertz CT molecular complexity index is 393. The number of thiophene rings is 1. The van der Waals surface area contributed by atoms with Crippen molar-refractivity contribution in [2.45, 2.75) is 59.4 Å². The molecule has 0 bridgehead atoms. The average molecular weight is 265 g/mol. The monoisotopic (exact) mass is 265 g/mol. The van der Waals surface area contributed by atoms with Gasteiger partial charge in [0.2, 0.25) is 0 Å². The summed E-state index contributed by atoms with van der Waals surface area (Å²) in [7, 11) is 0. The molecule has 0 unspecified atom stereocenters. The first-order valence-electron chi connectivity index (χ1n) is 6.86. The molecule has 0 aliphatic carbocycles. The van der Waals surface area contributed by atoms with Gasteiger partial charge in [0.25, 0.3) is 0 Å². The van der Waals surface area contributed by atoms with Crippen LogP contribution in [0.3, 0.4) is 0 Å². The molecule has 102 valence electrons. The lowest BCUT2D eigenvalue weighted by Gasteiger charge is -2.15. The van der Waals surface area contributed by atoms with Crippen molar-refractivity contribution >= 4 is 17.4 Å². The Morgan fingerprint density at radius 1 is 1.33 bits per heavy atom. The Balaban J connectivity index is 2.76. The summed E-state index contributed by atoms with van der Waals surface area (Å²) in [5.74, 6) is 0. The molecule has 1 heterocycles. The van der Waals surface area contributed by atoms with Crippen molar-refractivity contribution < 1.29 is 0 Å². The summed E-state index contributed by atoms with van der Waals surface area (Å²) < 4.78 is 0. The molecule has 0 aliphatic heterocycles. The van der Waals surface area contributed by atoms with Gasteiger partial charge in [-0.05, 0) is 30.0 Å². The molecule has 1 N–H and O–H groups in total. The van der Waals surface area contributed by atoms with Crippen molar-refractivity contribution in [1.82, 2.24) is 5.32 Å². The minimum Gasteiger partial charge on any atom is -0.311 e. The van der Waals surface area contributed by atoms with E-state index in [-0.39, 0.29) is 5.41 Å². The topological polar surface area (TPSA) is 12.0 Å². The summed E-state index contributed by atoms with van der Waals surface area (Å²) in [5, 5.41) is 3.49. The predicted octanol–water partition coefficient (Wildman–Crippen LogP) is 4.84. The summed E-state index contributed by atoms with van der Waals surface area (Å²) in [6.07, 6.45) is 3.46. The first kappa shape index (κ1) is 15.5. The number of nitrogens with one attached hydrogen (secondary N) is 1. The molecule has 1 rings (SSSR count). The number of hydrogen-bond donors (Lipinski definition) is 1. The second-order valence-corrected chi connectivity index (χ2v) is 7.26. The second kappa shape index (κ2) is 6.53. The lowest BCUT2D eigenvalue weighted by molar-refractivity contribution is 0.604. The third-order valence-electron chi connectivity index (χ3n) is 2.90. The second-order valence-electron chi connectivity index (χ2n) is 6.14. The molecular formula is C16H27NS. The normalized spacial score (nSPS) is 13.4. The van der Waals surface area contributed by atoms with Crippen LogP contribution in [0.2, 0.25) is 0 Å². The SMILES string of the molecule is CC/C(=C/c1ccc(C(C)(C)C)s1)CNC(C)C. The molecule has 0 fully saturated rings. The summed E-state index contributed by atoms with van der Waals surface area (Å²) >= 11 is 1.91. The Kier molecular flexibility index (Phi) is 5.61. The zero-order valence-corrected chi connectivity index (χ0v) is 13.4. The summed E-state index contributed by atoms with van der Waals surface area (Å²) in [6, 6.07) is 5.06. The summed E-state index contributed by atoms with van der Waals surface area (Å²) in [5.41, 5.74) is 1.74. The standard InChI is InChI=1S/C16H27NS/c1-7-13(11-17-12(2)3)10-14-8-9-15(18-14)16(4,5)6/h8-10,12,17H,7,11H2,1-6H3/b13-10-. The maximum Gasteiger partial charge on any atom is 0.0273 e. The van der Waals surface area contributed by atoms with Crippen LogP contribution in [-0.2, 0) is 5.41 Å². The maximum atomic E-state index is 3.49. The van der Waals surface area contributed by atoms with E-state index in [4.69, 9.17) is 0 Å². The van der Waals surface area contributed by atoms with Crippen molar-refractivity contribution in [2.75, 3.05) is 6.54 Å². The van der Waals surface area contributed by atoms with Gasteiger partial charge in [-0.15, -0.1) is 11.3 Å². The van der Waals surface area contributed by atoms with Gasteiger partial charge in [0.05, 0.1) is 0 Å². The van der Waals surface area contributed by atoms with Gasteiger partial charge in [-0.1, -0.05) is 47.1 Å². The third-order valence-corrected chi connectivity index (χ3v) is 4.36. The van der Waals surface area contributed by atoms with Crippen LogP contribution >= 0.6 is 11.3 Å². The zero-order chi connectivity index (χ0) is 13.8. The molecule has 2 heteroatoms. The molecule has 1 nitrogen and oxygen atoms in total. The van der Waals surface area contributed by atoms with Gasteiger partial charge >= 0.3 is 0 Å². The van der Waals surface area contributed by atoms with E-state index < -0.39 is 0 Å². The Morgan fingerprint density at radius 3 is 2.44 bits per heavy atom. The van der Waals surface area contributed by atoms with E-state index in [1.54, 1.807) is 0 Å². The van der Waals surface area contributed by atoms with Crippen molar-refractivity contribution in [2.24, 2.45) is 0 Å². The highest BCUT2D eigenvalue weighted by molar-refractivity contribution is 7.13. The van der Waals surface area contributed by atoms with Crippen LogP contribution in [0.25, 0.3) is 6.08 Å². The molecule has 0 radical (unpaired) electrons. The Labute approximate surface area is 116 Å². The van der Waals surface area contributed by atoms with E-state index in [2.05, 4.69) is 65.1 Å². The minimum absolute atomic E-state index is 0.263. The minimum atomic E-state index is 0.263. The molecule has 0 saturated heterocycles. The highest BCUT2D eigenvalue weighted by Crippen LogP contribution is 2.30. The Morgan fingerprint density at radius 2 is 2.00 bits per heavy atom. The van der Waals surface area contributed by atoms with Crippen molar-refractivity contribution in [3.8, 4) is 0 Å². The third kappa shape index (κ3) is 4.95. The molecule has 0 aliphatic rings. The molecule has 0 atom stereocenters. The van der Waals surface area contributed by atoms with Crippen LogP contribution < -0.4 is 5.32 Å². The molecule has 0 amide bonds. The van der Waals surface area contributed by atoms with E-state index >= 15 is 0 Å². The smallest absolute Gasteiger partial charge is 0.0273 e. The first-order chi connectivity index (χ1) is 8.32. The van der Waals surface area contributed by atoms with Gasteiger partial charge in [0, 0.05) is 22.3 Å². The fourth-order valence-electron chi connectivity index (χ4n) is 1.65. The summed E-state index contributed by atoms with van der Waals surface area (Å²) in [4.78, 5) is 2.84. The van der Waals surface area contributed by atoms with E-state index in [0.29, 0.717) is 6.04 Å². The highest BCUT2D eigenvalue weighted by Gasteiger charge is 2.15. The van der Waals surface area contributed by atoms with Gasteiger partial charge in [-0.25, -0.2) is 0 Å². The fraction of sp³-hybridized carbons (Fsp3) is 0.625. The first-order valence-corrected chi connectivity index (χ1v) is 7.67. The lowest BCUT2D eigenvalue weighted by atomic mass is 9.95. The number of rotatable bonds is 5. The molecule has 0 saturated carbocycles. The zero-order valence-electron chi connectivity index (χ0n) is 12.6. The largest absolute Gasteiger partial charge is 0.311 e. The van der Waals surface area contributed by atoms with Gasteiger partial charge < -0.3 is 5.32 Å². The van der Waals surface area contributed by atoms with Crippen molar-refractivity contribution in [1.29, 1.82) is 0 Å². The maximum absolute atomic E-state index is 3.49.